The van der Waals surface area contributed by atoms with Crippen LogP contribution in [0.25, 0.3) is 0 Å². The van der Waals surface area contributed by atoms with Gasteiger partial charge in [-0.2, -0.15) is 0 Å². The summed E-state index contributed by atoms with van der Waals surface area (Å²) in [4.78, 5) is 18.6. The number of rotatable bonds is 4. The van der Waals surface area contributed by atoms with Crippen LogP contribution in [0.3, 0.4) is 0 Å². The number of hydrogen-bond acceptors (Lipinski definition) is 3. The Morgan fingerprint density at radius 3 is 2.50 bits per heavy atom. The van der Waals surface area contributed by atoms with Gasteiger partial charge in [0.05, 0.1) is 6.33 Å². The van der Waals surface area contributed by atoms with Crippen molar-refractivity contribution in [1.29, 1.82) is 0 Å². The summed E-state index contributed by atoms with van der Waals surface area (Å²) < 4.78 is 1.77. The molecule has 0 atom stereocenters. The Morgan fingerprint density at radius 2 is 1.92 bits per heavy atom. The van der Waals surface area contributed by atoms with Crippen molar-refractivity contribution in [2.45, 2.75) is 25.4 Å². The standard InChI is InChI=1S/C17H20Cl2N4O/c1-22-10-16(20-11-22)17(24)21-15-2-4-23(5-3-15)9-12-6-13(18)8-14(19)7-12/h6-8,10-11,15H,2-5,9H2,1H3,(H,21,24). The summed E-state index contributed by atoms with van der Waals surface area (Å²) in [5.74, 6) is -0.101. The largest absolute Gasteiger partial charge is 0.348 e. The first-order valence-electron chi connectivity index (χ1n) is 7.96. The van der Waals surface area contributed by atoms with Crippen molar-refractivity contribution in [2.24, 2.45) is 7.05 Å². The topological polar surface area (TPSA) is 50.2 Å². The second-order valence-electron chi connectivity index (χ2n) is 6.23. The molecule has 1 N–H and O–H groups in total. The Hall–Kier alpha value is -1.56. The van der Waals surface area contributed by atoms with Crippen molar-refractivity contribution in [2.75, 3.05) is 13.1 Å². The molecule has 3 rings (SSSR count). The van der Waals surface area contributed by atoms with Gasteiger partial charge in [-0.1, -0.05) is 23.2 Å². The molecular formula is C17H20Cl2N4O. The second-order valence-corrected chi connectivity index (χ2v) is 7.10. The quantitative estimate of drug-likeness (QED) is 0.904. The van der Waals surface area contributed by atoms with Crippen LogP contribution in [0.15, 0.2) is 30.7 Å². The summed E-state index contributed by atoms with van der Waals surface area (Å²) in [6.45, 7) is 2.68. The van der Waals surface area contributed by atoms with Crippen molar-refractivity contribution in [1.82, 2.24) is 19.8 Å². The van der Waals surface area contributed by atoms with Crippen LogP contribution in [0.1, 0.15) is 28.9 Å². The van der Waals surface area contributed by atoms with Crippen LogP contribution in [0.2, 0.25) is 10.0 Å². The molecule has 128 valence electrons. The highest BCUT2D eigenvalue weighted by Crippen LogP contribution is 2.21. The van der Waals surface area contributed by atoms with Crippen LogP contribution >= 0.6 is 23.2 Å². The molecule has 1 fully saturated rings. The molecule has 1 aromatic carbocycles. The lowest BCUT2D eigenvalue weighted by atomic mass is 10.0. The molecule has 1 aliphatic heterocycles. The summed E-state index contributed by atoms with van der Waals surface area (Å²) in [5, 5.41) is 4.39. The molecule has 1 amide bonds. The summed E-state index contributed by atoms with van der Waals surface area (Å²) in [6.07, 6.45) is 5.21. The van der Waals surface area contributed by atoms with Gasteiger partial charge in [0.1, 0.15) is 5.69 Å². The summed E-state index contributed by atoms with van der Waals surface area (Å²) in [7, 11) is 1.85. The highest BCUT2D eigenvalue weighted by atomic mass is 35.5. The second kappa shape index (κ2) is 7.55. The molecule has 1 aromatic heterocycles. The fourth-order valence-electron chi connectivity index (χ4n) is 2.99. The minimum atomic E-state index is -0.101. The van der Waals surface area contributed by atoms with Gasteiger partial charge in [-0.25, -0.2) is 4.98 Å². The van der Waals surface area contributed by atoms with Crippen molar-refractivity contribution in [3.8, 4) is 0 Å². The number of hydrogen-bond donors (Lipinski definition) is 1. The van der Waals surface area contributed by atoms with E-state index in [9.17, 15) is 4.79 Å². The number of likely N-dealkylation sites (tertiary alicyclic amines) is 1. The van der Waals surface area contributed by atoms with Gasteiger partial charge in [-0.3, -0.25) is 9.69 Å². The fraction of sp³-hybridized carbons (Fsp3) is 0.412. The maximum absolute atomic E-state index is 12.1. The number of imidazole rings is 1. The van der Waals surface area contributed by atoms with Gasteiger partial charge in [-0.15, -0.1) is 0 Å². The minimum Gasteiger partial charge on any atom is -0.348 e. The number of aromatic nitrogens is 2. The van der Waals surface area contributed by atoms with E-state index in [0.717, 1.165) is 38.0 Å². The molecule has 0 spiro atoms. The van der Waals surface area contributed by atoms with E-state index in [1.807, 2.05) is 19.2 Å². The van der Waals surface area contributed by atoms with Crippen LogP contribution in [0.5, 0.6) is 0 Å². The first-order valence-corrected chi connectivity index (χ1v) is 8.71. The normalized spacial score (nSPS) is 16.3. The van der Waals surface area contributed by atoms with E-state index >= 15 is 0 Å². The number of carbonyl (C=O) groups excluding carboxylic acids is 1. The molecule has 0 aliphatic carbocycles. The van der Waals surface area contributed by atoms with Crippen LogP contribution in [-0.4, -0.2) is 39.5 Å². The van der Waals surface area contributed by atoms with Crippen molar-refractivity contribution < 1.29 is 4.79 Å². The Balaban J connectivity index is 1.49. The van der Waals surface area contributed by atoms with E-state index in [-0.39, 0.29) is 11.9 Å². The van der Waals surface area contributed by atoms with Crippen molar-refractivity contribution in [3.05, 3.63) is 52.0 Å². The average Bonchev–Trinajstić information content (AvgIpc) is 2.95. The zero-order valence-electron chi connectivity index (χ0n) is 13.5. The van der Waals surface area contributed by atoms with Gasteiger partial charge in [0.2, 0.25) is 0 Å². The van der Waals surface area contributed by atoms with Crippen molar-refractivity contribution >= 4 is 29.1 Å². The number of piperidine rings is 1. The summed E-state index contributed by atoms with van der Waals surface area (Å²) >= 11 is 12.1. The Morgan fingerprint density at radius 1 is 1.25 bits per heavy atom. The van der Waals surface area contributed by atoms with Gasteiger partial charge < -0.3 is 9.88 Å². The third kappa shape index (κ3) is 4.50. The summed E-state index contributed by atoms with van der Waals surface area (Å²) in [6, 6.07) is 5.83. The van der Waals surface area contributed by atoms with Gasteiger partial charge in [0.15, 0.2) is 0 Å². The number of benzene rings is 1. The molecule has 24 heavy (non-hydrogen) atoms. The molecule has 5 nitrogen and oxygen atoms in total. The lowest BCUT2D eigenvalue weighted by Gasteiger charge is -2.32. The van der Waals surface area contributed by atoms with E-state index in [4.69, 9.17) is 23.2 Å². The summed E-state index contributed by atoms with van der Waals surface area (Å²) in [5.41, 5.74) is 1.58. The Kier molecular flexibility index (Phi) is 5.43. The lowest BCUT2D eigenvalue weighted by molar-refractivity contribution is 0.0904. The van der Waals surface area contributed by atoms with Crippen LogP contribution in [0, 0.1) is 0 Å². The first kappa shape index (κ1) is 17.3. The first-order chi connectivity index (χ1) is 11.5. The molecule has 0 bridgehead atoms. The molecule has 0 radical (unpaired) electrons. The van der Waals surface area contributed by atoms with Gasteiger partial charge in [0.25, 0.3) is 5.91 Å². The van der Waals surface area contributed by atoms with E-state index in [1.54, 1.807) is 23.2 Å². The van der Waals surface area contributed by atoms with Crippen LogP contribution in [-0.2, 0) is 13.6 Å². The maximum atomic E-state index is 12.1. The highest BCUT2D eigenvalue weighted by Gasteiger charge is 2.22. The number of aryl methyl sites for hydroxylation is 1. The molecule has 0 saturated carbocycles. The molecular weight excluding hydrogens is 347 g/mol. The molecule has 1 aliphatic rings. The monoisotopic (exact) mass is 366 g/mol. The lowest BCUT2D eigenvalue weighted by Crippen LogP contribution is -2.44. The molecule has 7 heteroatoms. The van der Waals surface area contributed by atoms with E-state index in [0.29, 0.717) is 15.7 Å². The van der Waals surface area contributed by atoms with E-state index in [2.05, 4.69) is 15.2 Å². The Bertz CT molecular complexity index is 703. The Labute approximate surface area is 151 Å². The predicted octanol–water partition coefficient (Wildman–Crippen LogP) is 3.12. The number of carbonyl (C=O) groups is 1. The molecule has 1 saturated heterocycles. The highest BCUT2D eigenvalue weighted by molar-refractivity contribution is 6.34. The predicted molar refractivity (Wildman–Crippen MR) is 95.4 cm³/mol. The zero-order chi connectivity index (χ0) is 17.1. The van der Waals surface area contributed by atoms with E-state index in [1.165, 1.54) is 0 Å². The minimum absolute atomic E-state index is 0.101. The molecule has 0 unspecified atom stereocenters. The third-order valence-electron chi connectivity index (χ3n) is 4.19. The maximum Gasteiger partial charge on any atom is 0.271 e. The SMILES string of the molecule is Cn1cnc(C(=O)NC2CCN(Cc3cc(Cl)cc(Cl)c3)CC2)c1. The molecule has 2 heterocycles. The van der Waals surface area contributed by atoms with Gasteiger partial charge in [0, 0.05) is 49.0 Å². The number of nitrogens with one attached hydrogen (secondary N) is 1. The van der Waals surface area contributed by atoms with Gasteiger partial charge in [-0.05, 0) is 36.6 Å². The average molecular weight is 367 g/mol. The van der Waals surface area contributed by atoms with Gasteiger partial charge >= 0.3 is 0 Å². The zero-order valence-corrected chi connectivity index (χ0v) is 15.0. The fourth-order valence-corrected chi connectivity index (χ4v) is 3.56. The number of halogens is 2. The van der Waals surface area contributed by atoms with E-state index < -0.39 is 0 Å². The van der Waals surface area contributed by atoms with Crippen molar-refractivity contribution in [3.63, 3.8) is 0 Å². The number of amides is 1. The van der Waals surface area contributed by atoms with Crippen LogP contribution in [0.4, 0.5) is 0 Å². The number of nitrogens with zero attached hydrogens (tertiary/aromatic N) is 3. The smallest absolute Gasteiger partial charge is 0.271 e. The van der Waals surface area contributed by atoms with Crippen LogP contribution < -0.4 is 5.32 Å². The molecule has 2 aromatic rings. The third-order valence-corrected chi connectivity index (χ3v) is 4.63.